The van der Waals surface area contributed by atoms with Crippen LogP contribution in [-0.4, -0.2) is 19.0 Å². The summed E-state index contributed by atoms with van der Waals surface area (Å²) in [5.41, 5.74) is 2.76. The summed E-state index contributed by atoms with van der Waals surface area (Å²) >= 11 is 0. The number of carbonyl (C=O) groups is 1. The first-order chi connectivity index (χ1) is 8.84. The molecule has 1 aromatic carbocycles. The molecular weight excluding hydrogens is 260 g/mol. The molecule has 19 heavy (non-hydrogen) atoms. The SMILES string of the molecule is Cl.O=C(NCC1NCCc2ccccc21)C1CCC1. The van der Waals surface area contributed by atoms with E-state index in [2.05, 4.69) is 34.9 Å². The summed E-state index contributed by atoms with van der Waals surface area (Å²) in [5.74, 6) is 0.523. The van der Waals surface area contributed by atoms with E-state index in [0.29, 0.717) is 6.54 Å². The Morgan fingerprint density at radius 3 is 2.84 bits per heavy atom. The molecule has 2 N–H and O–H groups in total. The molecule has 0 saturated heterocycles. The lowest BCUT2D eigenvalue weighted by Crippen LogP contribution is -2.42. The Labute approximate surface area is 120 Å². The van der Waals surface area contributed by atoms with Crippen molar-refractivity contribution in [3.63, 3.8) is 0 Å². The summed E-state index contributed by atoms with van der Waals surface area (Å²) in [6.45, 7) is 1.72. The largest absolute Gasteiger partial charge is 0.354 e. The number of hydrogen-bond acceptors (Lipinski definition) is 2. The van der Waals surface area contributed by atoms with Gasteiger partial charge in [0.05, 0.1) is 0 Å². The van der Waals surface area contributed by atoms with Gasteiger partial charge in [-0.1, -0.05) is 30.7 Å². The zero-order chi connectivity index (χ0) is 12.4. The monoisotopic (exact) mass is 280 g/mol. The second-order valence-electron chi connectivity index (χ2n) is 5.33. The number of fused-ring (bicyclic) bond motifs is 1. The molecule has 0 radical (unpaired) electrons. The van der Waals surface area contributed by atoms with Gasteiger partial charge in [0.25, 0.3) is 0 Å². The minimum absolute atomic E-state index is 0. The average Bonchev–Trinajstić information content (AvgIpc) is 2.34. The van der Waals surface area contributed by atoms with Crippen molar-refractivity contribution in [1.29, 1.82) is 0 Å². The Morgan fingerprint density at radius 2 is 2.11 bits per heavy atom. The fourth-order valence-electron chi connectivity index (χ4n) is 2.79. The Balaban J connectivity index is 0.00000133. The number of hydrogen-bond donors (Lipinski definition) is 2. The van der Waals surface area contributed by atoms with E-state index in [0.717, 1.165) is 25.8 Å². The first-order valence-corrected chi connectivity index (χ1v) is 6.93. The zero-order valence-electron chi connectivity index (χ0n) is 11.0. The second kappa shape index (κ2) is 6.40. The summed E-state index contributed by atoms with van der Waals surface area (Å²) in [5, 5.41) is 6.58. The minimum Gasteiger partial charge on any atom is -0.354 e. The van der Waals surface area contributed by atoms with Crippen molar-refractivity contribution in [3.8, 4) is 0 Å². The molecule has 1 unspecified atom stereocenters. The molecule has 1 amide bonds. The maximum atomic E-state index is 11.8. The highest BCUT2D eigenvalue weighted by atomic mass is 35.5. The van der Waals surface area contributed by atoms with Crippen molar-refractivity contribution >= 4 is 18.3 Å². The zero-order valence-corrected chi connectivity index (χ0v) is 11.8. The van der Waals surface area contributed by atoms with Gasteiger partial charge in [-0.05, 0) is 36.9 Å². The lowest BCUT2D eigenvalue weighted by Gasteiger charge is -2.29. The molecule has 1 aromatic rings. The van der Waals surface area contributed by atoms with Gasteiger partial charge in [-0.25, -0.2) is 0 Å². The van der Waals surface area contributed by atoms with Gasteiger partial charge < -0.3 is 10.6 Å². The van der Waals surface area contributed by atoms with E-state index in [-0.39, 0.29) is 30.3 Å². The van der Waals surface area contributed by atoms with Gasteiger partial charge in [0.15, 0.2) is 0 Å². The molecule has 4 heteroatoms. The smallest absolute Gasteiger partial charge is 0.223 e. The first-order valence-electron chi connectivity index (χ1n) is 6.93. The number of rotatable bonds is 3. The Bertz CT molecular complexity index is 446. The normalized spacial score (nSPS) is 21.8. The van der Waals surface area contributed by atoms with Crippen LogP contribution < -0.4 is 10.6 Å². The highest BCUT2D eigenvalue weighted by Gasteiger charge is 2.26. The molecule has 1 atom stereocenters. The lowest BCUT2D eigenvalue weighted by molar-refractivity contribution is -0.127. The highest BCUT2D eigenvalue weighted by molar-refractivity contribution is 5.85. The number of amides is 1. The molecule has 0 bridgehead atoms. The first kappa shape index (κ1) is 14.4. The minimum atomic E-state index is 0. The van der Waals surface area contributed by atoms with Crippen LogP contribution in [-0.2, 0) is 11.2 Å². The molecule has 2 aliphatic rings. The van der Waals surface area contributed by atoms with Gasteiger partial charge in [0, 0.05) is 18.5 Å². The number of halogens is 1. The van der Waals surface area contributed by atoms with Crippen LogP contribution in [0.2, 0.25) is 0 Å². The molecule has 104 valence electrons. The molecule has 3 nitrogen and oxygen atoms in total. The standard InChI is InChI=1S/C15H20N2O.ClH/c18-15(12-5-3-6-12)17-10-14-13-7-2-1-4-11(13)8-9-16-14;/h1-2,4,7,12,14,16H,3,5-6,8-10H2,(H,17,18);1H. The summed E-state index contributed by atoms with van der Waals surface area (Å²) in [7, 11) is 0. The molecular formula is C15H21ClN2O. The van der Waals surface area contributed by atoms with Gasteiger partial charge in [-0.2, -0.15) is 0 Å². The third kappa shape index (κ3) is 3.10. The van der Waals surface area contributed by atoms with Crippen LogP contribution in [0, 0.1) is 5.92 Å². The summed E-state index contributed by atoms with van der Waals surface area (Å²) < 4.78 is 0. The maximum absolute atomic E-state index is 11.8. The molecule has 1 heterocycles. The highest BCUT2D eigenvalue weighted by Crippen LogP contribution is 2.27. The van der Waals surface area contributed by atoms with E-state index in [1.54, 1.807) is 0 Å². The van der Waals surface area contributed by atoms with Crippen LogP contribution in [0.3, 0.4) is 0 Å². The van der Waals surface area contributed by atoms with Gasteiger partial charge in [-0.3, -0.25) is 4.79 Å². The fraction of sp³-hybridized carbons (Fsp3) is 0.533. The third-order valence-corrected chi connectivity index (χ3v) is 4.17. The molecule has 0 aromatic heterocycles. The Hall–Kier alpha value is -1.06. The Morgan fingerprint density at radius 1 is 1.32 bits per heavy atom. The number of nitrogens with one attached hydrogen (secondary N) is 2. The van der Waals surface area contributed by atoms with E-state index in [1.807, 2.05) is 0 Å². The predicted octanol–water partition coefficient (Wildman–Crippen LogP) is 2.21. The van der Waals surface area contributed by atoms with Crippen LogP contribution in [0.4, 0.5) is 0 Å². The van der Waals surface area contributed by atoms with Gasteiger partial charge >= 0.3 is 0 Å². The van der Waals surface area contributed by atoms with Gasteiger partial charge in [0.2, 0.25) is 5.91 Å². The van der Waals surface area contributed by atoms with Crippen molar-refractivity contribution in [2.45, 2.75) is 31.7 Å². The van der Waals surface area contributed by atoms with Crippen LogP contribution in [0.1, 0.15) is 36.4 Å². The van der Waals surface area contributed by atoms with Crippen molar-refractivity contribution < 1.29 is 4.79 Å². The van der Waals surface area contributed by atoms with Crippen LogP contribution in [0.15, 0.2) is 24.3 Å². The van der Waals surface area contributed by atoms with Crippen molar-refractivity contribution in [1.82, 2.24) is 10.6 Å². The average molecular weight is 281 g/mol. The lowest BCUT2D eigenvalue weighted by atomic mass is 9.84. The van der Waals surface area contributed by atoms with E-state index in [1.165, 1.54) is 17.5 Å². The molecule has 1 saturated carbocycles. The van der Waals surface area contributed by atoms with Gasteiger partial charge in [-0.15, -0.1) is 12.4 Å². The predicted molar refractivity (Wildman–Crippen MR) is 78.5 cm³/mol. The quantitative estimate of drug-likeness (QED) is 0.891. The van der Waals surface area contributed by atoms with E-state index >= 15 is 0 Å². The van der Waals surface area contributed by atoms with Gasteiger partial charge in [0.1, 0.15) is 0 Å². The third-order valence-electron chi connectivity index (χ3n) is 4.17. The fourth-order valence-corrected chi connectivity index (χ4v) is 2.79. The topological polar surface area (TPSA) is 41.1 Å². The van der Waals surface area contributed by atoms with Crippen molar-refractivity contribution in [2.24, 2.45) is 5.92 Å². The second-order valence-corrected chi connectivity index (χ2v) is 5.33. The summed E-state index contributed by atoms with van der Waals surface area (Å²) in [4.78, 5) is 11.8. The molecule has 3 rings (SSSR count). The Kier molecular flexibility index (Phi) is 4.83. The molecule has 1 fully saturated rings. The summed E-state index contributed by atoms with van der Waals surface area (Å²) in [6.07, 6.45) is 4.44. The number of carbonyl (C=O) groups excluding carboxylic acids is 1. The van der Waals surface area contributed by atoms with E-state index in [9.17, 15) is 4.79 Å². The maximum Gasteiger partial charge on any atom is 0.223 e. The number of benzene rings is 1. The molecule has 1 aliphatic carbocycles. The molecule has 0 spiro atoms. The van der Waals surface area contributed by atoms with E-state index < -0.39 is 0 Å². The van der Waals surface area contributed by atoms with E-state index in [4.69, 9.17) is 0 Å². The van der Waals surface area contributed by atoms with Crippen molar-refractivity contribution in [2.75, 3.05) is 13.1 Å². The van der Waals surface area contributed by atoms with Crippen LogP contribution >= 0.6 is 12.4 Å². The van der Waals surface area contributed by atoms with Crippen LogP contribution in [0.25, 0.3) is 0 Å². The van der Waals surface area contributed by atoms with Crippen LogP contribution in [0.5, 0.6) is 0 Å². The van der Waals surface area contributed by atoms with Crippen molar-refractivity contribution in [3.05, 3.63) is 35.4 Å². The summed E-state index contributed by atoms with van der Waals surface area (Å²) in [6, 6.07) is 8.80. The molecule has 1 aliphatic heterocycles.